The average molecular weight is 244 g/mol. The summed E-state index contributed by atoms with van der Waals surface area (Å²) in [7, 11) is 0. The molecule has 1 atom stereocenters. The lowest BCUT2D eigenvalue weighted by atomic mass is 9.95. The Morgan fingerprint density at radius 2 is 2.06 bits per heavy atom. The number of hydrogen-bond donors (Lipinski definition) is 1. The summed E-state index contributed by atoms with van der Waals surface area (Å²) in [4.78, 5) is 2.63. The minimum atomic E-state index is 0.352. The van der Waals surface area contributed by atoms with E-state index in [0.29, 0.717) is 5.54 Å². The van der Waals surface area contributed by atoms with Gasteiger partial charge in [-0.05, 0) is 50.8 Å². The van der Waals surface area contributed by atoms with E-state index in [-0.39, 0.29) is 0 Å². The van der Waals surface area contributed by atoms with Gasteiger partial charge in [0.1, 0.15) is 0 Å². The Balaban J connectivity index is 1.67. The van der Waals surface area contributed by atoms with Crippen LogP contribution in [0.5, 0.6) is 0 Å². The predicted octanol–water partition coefficient (Wildman–Crippen LogP) is 2.65. The van der Waals surface area contributed by atoms with Gasteiger partial charge in [-0.1, -0.05) is 30.3 Å². The second-order valence-corrected chi connectivity index (χ2v) is 6.17. The van der Waals surface area contributed by atoms with Crippen molar-refractivity contribution in [3.8, 4) is 0 Å². The third-order valence-corrected chi connectivity index (χ3v) is 4.46. The van der Waals surface area contributed by atoms with Crippen LogP contribution in [0.1, 0.15) is 31.7 Å². The predicted molar refractivity (Wildman–Crippen MR) is 75.5 cm³/mol. The van der Waals surface area contributed by atoms with Gasteiger partial charge < -0.3 is 5.32 Å². The molecule has 1 aromatic carbocycles. The van der Waals surface area contributed by atoms with E-state index in [4.69, 9.17) is 0 Å². The molecule has 18 heavy (non-hydrogen) atoms. The molecule has 1 saturated carbocycles. The van der Waals surface area contributed by atoms with Gasteiger partial charge in [0.15, 0.2) is 0 Å². The largest absolute Gasteiger partial charge is 0.310 e. The van der Waals surface area contributed by atoms with E-state index < -0.39 is 0 Å². The Bertz CT molecular complexity index is 385. The minimum absolute atomic E-state index is 0.352. The molecule has 0 aromatic heterocycles. The van der Waals surface area contributed by atoms with E-state index in [1.54, 1.807) is 0 Å². The van der Waals surface area contributed by atoms with Crippen LogP contribution in [0.4, 0.5) is 0 Å². The molecule has 2 heteroatoms. The van der Waals surface area contributed by atoms with Crippen molar-refractivity contribution < 1.29 is 0 Å². The molecule has 0 bridgehead atoms. The summed E-state index contributed by atoms with van der Waals surface area (Å²) >= 11 is 0. The fraction of sp³-hybridized carbons (Fsp3) is 0.625. The Morgan fingerprint density at radius 3 is 2.78 bits per heavy atom. The number of hydrogen-bond acceptors (Lipinski definition) is 2. The Kier molecular flexibility index (Phi) is 3.40. The molecule has 1 heterocycles. The summed E-state index contributed by atoms with van der Waals surface area (Å²) in [5.41, 5.74) is 1.79. The van der Waals surface area contributed by atoms with Crippen molar-refractivity contribution in [2.24, 2.45) is 5.92 Å². The fourth-order valence-corrected chi connectivity index (χ4v) is 3.25. The van der Waals surface area contributed by atoms with Gasteiger partial charge >= 0.3 is 0 Å². The molecular formula is C16H24N2. The molecule has 1 unspecified atom stereocenters. The summed E-state index contributed by atoms with van der Waals surface area (Å²) in [6.07, 6.45) is 4.11. The van der Waals surface area contributed by atoms with Gasteiger partial charge in [-0.25, -0.2) is 0 Å². The molecule has 0 amide bonds. The molecule has 1 aromatic rings. The SMILES string of the molecule is CC1(C2CC2)CN(Cc2ccccc2)CCCN1. The normalized spacial score (nSPS) is 30.1. The lowest BCUT2D eigenvalue weighted by Gasteiger charge is -2.34. The average Bonchev–Trinajstić information content (AvgIpc) is 3.19. The van der Waals surface area contributed by atoms with Gasteiger partial charge in [0, 0.05) is 18.6 Å². The van der Waals surface area contributed by atoms with E-state index >= 15 is 0 Å². The fourth-order valence-electron chi connectivity index (χ4n) is 3.25. The lowest BCUT2D eigenvalue weighted by Crippen LogP contribution is -2.50. The zero-order valence-electron chi connectivity index (χ0n) is 11.4. The molecule has 0 spiro atoms. The number of nitrogens with one attached hydrogen (secondary N) is 1. The molecule has 98 valence electrons. The summed E-state index contributed by atoms with van der Waals surface area (Å²) in [6, 6.07) is 10.9. The second kappa shape index (κ2) is 5.02. The highest BCUT2D eigenvalue weighted by Gasteiger charge is 2.42. The number of benzene rings is 1. The van der Waals surface area contributed by atoms with Crippen LogP contribution in [0.25, 0.3) is 0 Å². The van der Waals surface area contributed by atoms with Crippen LogP contribution in [-0.4, -0.2) is 30.1 Å². The van der Waals surface area contributed by atoms with Gasteiger partial charge in [-0.2, -0.15) is 0 Å². The van der Waals surface area contributed by atoms with E-state index in [1.807, 2.05) is 0 Å². The molecule has 0 radical (unpaired) electrons. The summed E-state index contributed by atoms with van der Waals surface area (Å²) in [5.74, 6) is 0.911. The van der Waals surface area contributed by atoms with Gasteiger partial charge in [0.2, 0.25) is 0 Å². The zero-order chi connectivity index (χ0) is 12.4. The number of rotatable bonds is 3. The highest BCUT2D eigenvalue weighted by molar-refractivity contribution is 5.15. The highest BCUT2D eigenvalue weighted by atomic mass is 15.2. The Labute approximate surface area is 110 Å². The van der Waals surface area contributed by atoms with E-state index in [2.05, 4.69) is 47.5 Å². The van der Waals surface area contributed by atoms with Gasteiger partial charge in [0.05, 0.1) is 0 Å². The Morgan fingerprint density at radius 1 is 1.28 bits per heavy atom. The quantitative estimate of drug-likeness (QED) is 0.879. The van der Waals surface area contributed by atoms with Crippen LogP contribution < -0.4 is 5.32 Å². The smallest absolute Gasteiger partial charge is 0.0308 e. The topological polar surface area (TPSA) is 15.3 Å². The van der Waals surface area contributed by atoms with Crippen molar-refractivity contribution in [2.45, 2.75) is 38.3 Å². The summed E-state index contributed by atoms with van der Waals surface area (Å²) in [5, 5.41) is 3.79. The van der Waals surface area contributed by atoms with E-state index in [9.17, 15) is 0 Å². The van der Waals surface area contributed by atoms with Gasteiger partial charge in [0.25, 0.3) is 0 Å². The van der Waals surface area contributed by atoms with Crippen LogP contribution in [-0.2, 0) is 6.54 Å². The van der Waals surface area contributed by atoms with Crippen molar-refractivity contribution in [3.63, 3.8) is 0 Å². The highest BCUT2D eigenvalue weighted by Crippen LogP contribution is 2.40. The molecule has 3 rings (SSSR count). The minimum Gasteiger partial charge on any atom is -0.310 e. The van der Waals surface area contributed by atoms with E-state index in [0.717, 1.165) is 12.5 Å². The lowest BCUT2D eigenvalue weighted by molar-refractivity contribution is 0.195. The first-order valence-electron chi connectivity index (χ1n) is 7.28. The van der Waals surface area contributed by atoms with Crippen LogP contribution in [0.15, 0.2) is 30.3 Å². The van der Waals surface area contributed by atoms with Gasteiger partial charge in [-0.3, -0.25) is 4.90 Å². The maximum atomic E-state index is 3.79. The van der Waals surface area contributed by atoms with Crippen molar-refractivity contribution in [3.05, 3.63) is 35.9 Å². The van der Waals surface area contributed by atoms with Gasteiger partial charge in [-0.15, -0.1) is 0 Å². The molecule has 2 fully saturated rings. The first-order valence-corrected chi connectivity index (χ1v) is 7.28. The molecular weight excluding hydrogens is 220 g/mol. The molecule has 1 aliphatic carbocycles. The molecule has 1 aliphatic heterocycles. The second-order valence-electron chi connectivity index (χ2n) is 6.17. The molecule has 2 aliphatic rings. The molecule has 2 nitrogen and oxygen atoms in total. The van der Waals surface area contributed by atoms with Crippen molar-refractivity contribution in [1.29, 1.82) is 0 Å². The monoisotopic (exact) mass is 244 g/mol. The van der Waals surface area contributed by atoms with Crippen molar-refractivity contribution in [2.75, 3.05) is 19.6 Å². The standard InChI is InChI=1S/C16H24N2/c1-16(15-8-9-15)13-18(11-5-10-17-16)12-14-6-3-2-4-7-14/h2-4,6-7,15,17H,5,8-13H2,1H3. The van der Waals surface area contributed by atoms with Crippen LogP contribution >= 0.6 is 0 Å². The van der Waals surface area contributed by atoms with Crippen molar-refractivity contribution >= 4 is 0 Å². The summed E-state index contributed by atoms with van der Waals surface area (Å²) in [6.45, 7) is 7.13. The maximum absolute atomic E-state index is 3.79. The van der Waals surface area contributed by atoms with Crippen LogP contribution in [0, 0.1) is 5.92 Å². The zero-order valence-corrected chi connectivity index (χ0v) is 11.4. The first kappa shape index (κ1) is 12.2. The molecule has 1 N–H and O–H groups in total. The maximum Gasteiger partial charge on any atom is 0.0308 e. The van der Waals surface area contributed by atoms with Crippen molar-refractivity contribution in [1.82, 2.24) is 10.2 Å². The van der Waals surface area contributed by atoms with E-state index in [1.165, 1.54) is 44.5 Å². The number of nitrogens with zero attached hydrogens (tertiary/aromatic N) is 1. The Hall–Kier alpha value is -0.860. The van der Waals surface area contributed by atoms with Crippen LogP contribution in [0.3, 0.4) is 0 Å². The summed E-state index contributed by atoms with van der Waals surface area (Å²) < 4.78 is 0. The third-order valence-electron chi connectivity index (χ3n) is 4.46. The third kappa shape index (κ3) is 2.76. The molecule has 1 saturated heterocycles. The van der Waals surface area contributed by atoms with Crippen LogP contribution in [0.2, 0.25) is 0 Å². The first-order chi connectivity index (χ1) is 8.76.